The monoisotopic (exact) mass is 307 g/mol. The first-order valence-corrected chi connectivity index (χ1v) is 9.30. The van der Waals surface area contributed by atoms with E-state index in [1.165, 1.54) is 24.8 Å². The summed E-state index contributed by atoms with van der Waals surface area (Å²) in [6, 6.07) is 8.43. The van der Waals surface area contributed by atoms with Crippen LogP contribution in [0.2, 0.25) is 0 Å². The largest absolute Gasteiger partial charge is 0.387 e. The minimum atomic E-state index is -0.405. The minimum Gasteiger partial charge on any atom is -0.387 e. The van der Waals surface area contributed by atoms with Crippen molar-refractivity contribution in [2.75, 3.05) is 19.3 Å². The highest BCUT2D eigenvalue weighted by Gasteiger charge is 2.35. The molecule has 2 N–H and O–H groups in total. The van der Waals surface area contributed by atoms with E-state index >= 15 is 0 Å². The van der Waals surface area contributed by atoms with Crippen LogP contribution in [0.1, 0.15) is 50.3 Å². The molecule has 0 aliphatic heterocycles. The summed E-state index contributed by atoms with van der Waals surface area (Å²) >= 11 is 1.97. The van der Waals surface area contributed by atoms with Crippen molar-refractivity contribution in [3.8, 4) is 0 Å². The summed E-state index contributed by atoms with van der Waals surface area (Å²) in [4.78, 5) is 0. The van der Waals surface area contributed by atoms with Crippen molar-refractivity contribution in [2.45, 2.75) is 50.4 Å². The molecule has 0 bridgehead atoms. The van der Waals surface area contributed by atoms with E-state index in [9.17, 15) is 5.11 Å². The van der Waals surface area contributed by atoms with Crippen LogP contribution >= 0.6 is 11.8 Å². The molecule has 0 amide bonds. The van der Waals surface area contributed by atoms with Gasteiger partial charge in [0.2, 0.25) is 0 Å². The molecule has 1 aromatic carbocycles. The van der Waals surface area contributed by atoms with E-state index in [-0.39, 0.29) is 0 Å². The number of aliphatic hydroxyl groups excluding tert-OH is 1. The quantitative estimate of drug-likeness (QED) is 0.766. The summed E-state index contributed by atoms with van der Waals surface area (Å²) in [6.07, 6.45) is 6.86. The molecule has 1 unspecified atom stereocenters. The van der Waals surface area contributed by atoms with E-state index in [2.05, 4.69) is 49.7 Å². The van der Waals surface area contributed by atoms with Crippen molar-refractivity contribution in [2.24, 2.45) is 5.92 Å². The van der Waals surface area contributed by atoms with E-state index in [0.29, 0.717) is 17.2 Å². The van der Waals surface area contributed by atoms with Crippen LogP contribution in [0.25, 0.3) is 0 Å². The zero-order valence-electron chi connectivity index (χ0n) is 13.6. The van der Waals surface area contributed by atoms with Crippen LogP contribution in [0.15, 0.2) is 24.3 Å². The number of thioether (sulfide) groups is 1. The van der Waals surface area contributed by atoms with Crippen molar-refractivity contribution < 1.29 is 5.11 Å². The molecular weight excluding hydrogens is 278 g/mol. The first-order valence-electron chi connectivity index (χ1n) is 8.07. The van der Waals surface area contributed by atoms with Gasteiger partial charge in [0, 0.05) is 17.8 Å². The predicted molar refractivity (Wildman–Crippen MR) is 92.9 cm³/mol. The maximum absolute atomic E-state index is 10.3. The topological polar surface area (TPSA) is 32.3 Å². The van der Waals surface area contributed by atoms with Gasteiger partial charge in [-0.25, -0.2) is 0 Å². The molecule has 21 heavy (non-hydrogen) atoms. The van der Waals surface area contributed by atoms with Crippen molar-refractivity contribution in [1.82, 2.24) is 5.32 Å². The van der Waals surface area contributed by atoms with Gasteiger partial charge in [-0.05, 0) is 42.6 Å². The first-order chi connectivity index (χ1) is 10.0. The lowest BCUT2D eigenvalue weighted by molar-refractivity contribution is 0.171. The van der Waals surface area contributed by atoms with Crippen LogP contribution in [-0.2, 0) is 6.42 Å². The highest BCUT2D eigenvalue weighted by molar-refractivity contribution is 8.00. The average Bonchev–Trinajstić information content (AvgIpc) is 2.42. The van der Waals surface area contributed by atoms with Crippen LogP contribution in [0.4, 0.5) is 0 Å². The second kappa shape index (κ2) is 7.66. The molecule has 1 fully saturated rings. The second-order valence-electron chi connectivity index (χ2n) is 6.73. The van der Waals surface area contributed by atoms with Gasteiger partial charge < -0.3 is 10.4 Å². The molecular formula is C18H29NOS. The van der Waals surface area contributed by atoms with Gasteiger partial charge in [0.1, 0.15) is 0 Å². The lowest BCUT2D eigenvalue weighted by Gasteiger charge is -2.40. The van der Waals surface area contributed by atoms with Gasteiger partial charge in [0.25, 0.3) is 0 Å². The summed E-state index contributed by atoms with van der Waals surface area (Å²) in [5.41, 5.74) is 2.37. The summed E-state index contributed by atoms with van der Waals surface area (Å²) in [6.45, 7) is 6.12. The normalized spacial score (nSPS) is 18.5. The maximum atomic E-state index is 10.3. The Hall–Kier alpha value is -0.510. The predicted octanol–water partition coefficient (Wildman–Crippen LogP) is 3.79. The van der Waals surface area contributed by atoms with Crippen molar-refractivity contribution >= 4 is 11.8 Å². The molecule has 2 nitrogen and oxygen atoms in total. The van der Waals surface area contributed by atoms with Crippen molar-refractivity contribution in [3.63, 3.8) is 0 Å². The molecule has 0 heterocycles. The zero-order valence-corrected chi connectivity index (χ0v) is 14.4. The molecule has 3 heteroatoms. The third-order valence-corrected chi connectivity index (χ3v) is 5.91. The Labute approximate surface area is 133 Å². The van der Waals surface area contributed by atoms with E-state index in [1.54, 1.807) is 0 Å². The van der Waals surface area contributed by atoms with Crippen LogP contribution < -0.4 is 5.32 Å². The lowest BCUT2D eigenvalue weighted by Crippen LogP contribution is -2.44. The summed E-state index contributed by atoms with van der Waals surface area (Å²) < 4.78 is 0.431. The molecule has 2 rings (SSSR count). The van der Waals surface area contributed by atoms with Crippen LogP contribution in [-0.4, -0.2) is 29.2 Å². The zero-order chi connectivity index (χ0) is 15.3. The van der Waals surface area contributed by atoms with Gasteiger partial charge in [0.05, 0.1) is 6.10 Å². The summed E-state index contributed by atoms with van der Waals surface area (Å²) in [7, 11) is 0. The second-order valence-corrected chi connectivity index (χ2v) is 8.00. The average molecular weight is 308 g/mol. The summed E-state index contributed by atoms with van der Waals surface area (Å²) in [5, 5.41) is 13.7. The number of benzene rings is 1. The van der Waals surface area contributed by atoms with Gasteiger partial charge in [-0.15, -0.1) is 0 Å². The van der Waals surface area contributed by atoms with Crippen LogP contribution in [0, 0.1) is 5.92 Å². The number of hydrogen-bond acceptors (Lipinski definition) is 3. The first kappa shape index (κ1) is 16.9. The maximum Gasteiger partial charge on any atom is 0.0914 e. The molecule has 1 atom stereocenters. The molecule has 1 aliphatic rings. The van der Waals surface area contributed by atoms with Crippen LogP contribution in [0.5, 0.6) is 0 Å². The molecule has 0 saturated heterocycles. The van der Waals surface area contributed by atoms with E-state index < -0.39 is 6.10 Å². The van der Waals surface area contributed by atoms with Crippen LogP contribution in [0.3, 0.4) is 0 Å². The van der Waals surface area contributed by atoms with E-state index in [0.717, 1.165) is 18.5 Å². The van der Waals surface area contributed by atoms with Crippen molar-refractivity contribution in [3.05, 3.63) is 35.4 Å². The summed E-state index contributed by atoms with van der Waals surface area (Å²) in [5.74, 6) is 0.674. The van der Waals surface area contributed by atoms with Gasteiger partial charge >= 0.3 is 0 Å². The number of rotatable bonds is 8. The SMILES string of the molecule is CSC1(CNCC(O)c2ccc(CC(C)C)cc2)CCC1. The molecule has 118 valence electrons. The molecule has 1 aromatic rings. The fourth-order valence-electron chi connectivity index (χ4n) is 2.93. The Morgan fingerprint density at radius 2 is 1.90 bits per heavy atom. The highest BCUT2D eigenvalue weighted by Crippen LogP contribution is 2.42. The Balaban J connectivity index is 1.78. The van der Waals surface area contributed by atoms with Gasteiger partial charge in [-0.3, -0.25) is 0 Å². The lowest BCUT2D eigenvalue weighted by atomic mass is 9.84. The third-order valence-electron chi connectivity index (χ3n) is 4.49. The van der Waals surface area contributed by atoms with Gasteiger partial charge in [0.15, 0.2) is 0 Å². The Morgan fingerprint density at radius 3 is 2.38 bits per heavy atom. The smallest absolute Gasteiger partial charge is 0.0914 e. The van der Waals surface area contributed by atoms with Crippen molar-refractivity contribution in [1.29, 1.82) is 0 Å². The minimum absolute atomic E-state index is 0.405. The third kappa shape index (κ3) is 4.73. The van der Waals surface area contributed by atoms with Gasteiger partial charge in [-0.1, -0.05) is 44.5 Å². The van der Waals surface area contributed by atoms with Gasteiger partial charge in [-0.2, -0.15) is 11.8 Å². The number of hydrogen-bond donors (Lipinski definition) is 2. The molecule has 0 aromatic heterocycles. The Bertz CT molecular complexity index is 420. The molecule has 1 saturated carbocycles. The fourth-order valence-corrected chi connectivity index (χ4v) is 3.87. The highest BCUT2D eigenvalue weighted by atomic mass is 32.2. The Morgan fingerprint density at radius 1 is 1.24 bits per heavy atom. The number of aliphatic hydroxyl groups is 1. The fraction of sp³-hybridized carbons (Fsp3) is 0.667. The molecule has 0 spiro atoms. The molecule has 1 aliphatic carbocycles. The molecule has 0 radical (unpaired) electrons. The number of nitrogens with one attached hydrogen (secondary N) is 1. The van der Waals surface area contributed by atoms with E-state index in [1.807, 2.05) is 11.8 Å². The standard InChI is InChI=1S/C18H29NOS/c1-14(2)11-15-5-7-16(8-6-15)17(20)12-19-13-18(21-3)9-4-10-18/h5-8,14,17,19-20H,4,9-13H2,1-3H3. The Kier molecular flexibility index (Phi) is 6.15. The van der Waals surface area contributed by atoms with E-state index in [4.69, 9.17) is 0 Å².